The number of anilines is 1. The van der Waals surface area contributed by atoms with Gasteiger partial charge in [-0.25, -0.2) is 4.68 Å². The van der Waals surface area contributed by atoms with Gasteiger partial charge in [0, 0.05) is 11.6 Å². The molecule has 0 spiro atoms. The summed E-state index contributed by atoms with van der Waals surface area (Å²) >= 11 is 1.31. The van der Waals surface area contributed by atoms with Gasteiger partial charge in [0.2, 0.25) is 11.8 Å². The number of primary amides is 1. The molecule has 4 fully saturated rings. The van der Waals surface area contributed by atoms with Crippen LogP contribution >= 0.6 is 11.8 Å². The van der Waals surface area contributed by atoms with E-state index in [1.54, 1.807) is 0 Å². The quantitative estimate of drug-likeness (QED) is 0.379. The first-order valence-electron chi connectivity index (χ1n) is 14.2. The van der Waals surface area contributed by atoms with Crippen LogP contribution < -0.4 is 10.6 Å². The van der Waals surface area contributed by atoms with E-state index in [1.807, 2.05) is 22.9 Å². The van der Waals surface area contributed by atoms with Crippen molar-refractivity contribution in [1.82, 2.24) is 9.78 Å². The number of para-hydroxylation sites is 1. The van der Waals surface area contributed by atoms with E-state index in [1.165, 1.54) is 47.7 Å². The molecule has 7 heteroatoms. The molecule has 2 N–H and O–H groups in total. The van der Waals surface area contributed by atoms with Gasteiger partial charge in [-0.1, -0.05) is 24.3 Å². The number of nitrogens with two attached hydrogens (primary N) is 1. The topological polar surface area (TPSA) is 81.2 Å². The van der Waals surface area contributed by atoms with Crippen LogP contribution in [0.4, 0.5) is 5.82 Å². The molecule has 2 aromatic carbocycles. The molecule has 3 aromatic rings. The minimum absolute atomic E-state index is 0.0450. The third-order valence-electron chi connectivity index (χ3n) is 9.24. The molecule has 204 valence electrons. The number of amides is 2. The van der Waals surface area contributed by atoms with Gasteiger partial charge in [-0.15, -0.1) is 11.8 Å². The van der Waals surface area contributed by atoms with E-state index in [-0.39, 0.29) is 23.0 Å². The average Bonchev–Trinajstić information content (AvgIpc) is 3.30. The molecule has 4 aliphatic rings. The maximum absolute atomic E-state index is 14.2. The number of carbonyl (C=O) groups is 2. The summed E-state index contributed by atoms with van der Waals surface area (Å²) in [6, 6.07) is 16.7. The SMILES string of the molecule is Cc1cc(C)c(-c2cc(N(C(=O)CSCC(N)=O)C34CC5CC(CC(C5)C3)C4)n(-c3ccccc3)n2)cc1C. The molecule has 0 atom stereocenters. The van der Waals surface area contributed by atoms with Gasteiger partial charge in [0.25, 0.3) is 0 Å². The van der Waals surface area contributed by atoms with E-state index >= 15 is 0 Å². The van der Waals surface area contributed by atoms with Crippen molar-refractivity contribution in [3.8, 4) is 16.9 Å². The molecule has 4 bridgehead atoms. The number of rotatable bonds is 8. The van der Waals surface area contributed by atoms with Crippen LogP contribution in [-0.2, 0) is 9.59 Å². The molecule has 0 unspecified atom stereocenters. The lowest BCUT2D eigenvalue weighted by atomic mass is 9.52. The van der Waals surface area contributed by atoms with Crippen LogP contribution in [0.1, 0.15) is 55.2 Å². The van der Waals surface area contributed by atoms with Gasteiger partial charge in [0.1, 0.15) is 5.82 Å². The van der Waals surface area contributed by atoms with Crippen LogP contribution in [0, 0.1) is 38.5 Å². The molecule has 6 nitrogen and oxygen atoms in total. The zero-order chi connectivity index (χ0) is 27.3. The molecule has 4 aliphatic carbocycles. The van der Waals surface area contributed by atoms with Crippen molar-refractivity contribution in [2.75, 3.05) is 16.4 Å². The van der Waals surface area contributed by atoms with Crippen molar-refractivity contribution in [3.05, 3.63) is 65.2 Å². The molecule has 39 heavy (non-hydrogen) atoms. The van der Waals surface area contributed by atoms with E-state index in [9.17, 15) is 9.59 Å². The second-order valence-electron chi connectivity index (χ2n) is 12.2. The van der Waals surface area contributed by atoms with E-state index in [4.69, 9.17) is 10.8 Å². The first-order chi connectivity index (χ1) is 18.7. The third-order valence-corrected chi connectivity index (χ3v) is 10.2. The number of benzene rings is 2. The number of hydrogen-bond donors (Lipinski definition) is 1. The number of aromatic nitrogens is 2. The Labute approximate surface area is 235 Å². The zero-order valence-electron chi connectivity index (χ0n) is 23.2. The molecule has 7 rings (SSSR count). The van der Waals surface area contributed by atoms with Gasteiger partial charge in [0.05, 0.1) is 28.4 Å². The fourth-order valence-electron chi connectivity index (χ4n) is 7.94. The minimum atomic E-state index is -0.393. The maximum atomic E-state index is 14.2. The molecule has 1 aromatic heterocycles. The van der Waals surface area contributed by atoms with Crippen molar-refractivity contribution >= 4 is 29.4 Å². The van der Waals surface area contributed by atoms with Crippen molar-refractivity contribution in [2.24, 2.45) is 23.5 Å². The van der Waals surface area contributed by atoms with E-state index in [0.29, 0.717) is 17.8 Å². The largest absolute Gasteiger partial charge is 0.369 e. The predicted octanol–water partition coefficient (Wildman–Crippen LogP) is 5.98. The second kappa shape index (κ2) is 10.2. The summed E-state index contributed by atoms with van der Waals surface area (Å²) < 4.78 is 1.97. The predicted molar refractivity (Wildman–Crippen MR) is 158 cm³/mol. The van der Waals surface area contributed by atoms with Crippen LogP contribution in [0.5, 0.6) is 0 Å². The monoisotopic (exact) mass is 542 g/mol. The number of aryl methyl sites for hydroxylation is 3. The van der Waals surface area contributed by atoms with Gasteiger partial charge in [0.15, 0.2) is 0 Å². The standard InChI is InChI=1S/C32H38N4O2S/c1-20-9-22(3)27(10-21(20)2)28-14-30(36(34-28)26-7-5-4-6-8-26)35(31(38)19-39-18-29(33)37)32-15-23-11-24(16-32)13-25(12-23)17-32/h4-10,14,23-25H,11-13,15-19H2,1-3H3,(H2,33,37). The Morgan fingerprint density at radius 3 is 2.15 bits per heavy atom. The van der Waals surface area contributed by atoms with Crippen LogP contribution in [-0.4, -0.2) is 38.6 Å². The molecule has 0 radical (unpaired) electrons. The molecule has 0 saturated heterocycles. The lowest BCUT2D eigenvalue weighted by Crippen LogP contribution is -2.62. The Balaban J connectivity index is 1.50. The summed E-state index contributed by atoms with van der Waals surface area (Å²) in [6.07, 6.45) is 7.02. The highest BCUT2D eigenvalue weighted by Gasteiger charge is 2.55. The average molecular weight is 543 g/mol. The summed E-state index contributed by atoms with van der Waals surface area (Å²) in [5.74, 6) is 2.90. The fraction of sp³-hybridized carbons (Fsp3) is 0.469. The Morgan fingerprint density at radius 1 is 0.923 bits per heavy atom. The number of carbonyl (C=O) groups excluding carboxylic acids is 2. The normalized spacial score (nSPS) is 25.2. The van der Waals surface area contributed by atoms with Crippen molar-refractivity contribution in [2.45, 2.75) is 64.8 Å². The molecule has 0 aliphatic heterocycles. The highest BCUT2D eigenvalue weighted by Crippen LogP contribution is 2.58. The maximum Gasteiger partial charge on any atom is 0.238 e. The van der Waals surface area contributed by atoms with Gasteiger partial charge in [-0.3, -0.25) is 14.5 Å². The zero-order valence-corrected chi connectivity index (χ0v) is 24.0. The molecular formula is C32H38N4O2S. The summed E-state index contributed by atoms with van der Waals surface area (Å²) in [5.41, 5.74) is 11.8. The summed E-state index contributed by atoms with van der Waals surface area (Å²) in [4.78, 5) is 27.9. The van der Waals surface area contributed by atoms with Crippen molar-refractivity contribution < 1.29 is 9.59 Å². The van der Waals surface area contributed by atoms with E-state index in [2.05, 4.69) is 56.0 Å². The lowest BCUT2D eigenvalue weighted by molar-refractivity contribution is -0.120. The highest BCUT2D eigenvalue weighted by molar-refractivity contribution is 8.00. The van der Waals surface area contributed by atoms with Crippen LogP contribution in [0.25, 0.3) is 16.9 Å². The Kier molecular flexibility index (Phi) is 6.82. The van der Waals surface area contributed by atoms with Crippen LogP contribution in [0.3, 0.4) is 0 Å². The van der Waals surface area contributed by atoms with E-state index in [0.717, 1.165) is 42.0 Å². The number of thioether (sulfide) groups is 1. The first kappa shape index (κ1) is 26.2. The fourth-order valence-corrected chi connectivity index (χ4v) is 8.54. The van der Waals surface area contributed by atoms with Crippen LogP contribution in [0.15, 0.2) is 48.5 Å². The second-order valence-corrected chi connectivity index (χ2v) is 13.2. The summed E-state index contributed by atoms with van der Waals surface area (Å²) in [5, 5.41) is 5.16. The lowest BCUT2D eigenvalue weighted by Gasteiger charge is -2.60. The molecule has 2 amide bonds. The Bertz CT molecular complexity index is 1380. The van der Waals surface area contributed by atoms with Gasteiger partial charge >= 0.3 is 0 Å². The Morgan fingerprint density at radius 2 is 1.54 bits per heavy atom. The van der Waals surface area contributed by atoms with Gasteiger partial charge < -0.3 is 5.73 Å². The minimum Gasteiger partial charge on any atom is -0.369 e. The molecule has 4 saturated carbocycles. The smallest absolute Gasteiger partial charge is 0.238 e. The third kappa shape index (κ3) is 4.90. The van der Waals surface area contributed by atoms with Crippen molar-refractivity contribution in [1.29, 1.82) is 0 Å². The molecule has 1 heterocycles. The summed E-state index contributed by atoms with van der Waals surface area (Å²) in [6.45, 7) is 6.40. The van der Waals surface area contributed by atoms with Gasteiger partial charge in [-0.05, 0) is 112 Å². The van der Waals surface area contributed by atoms with Crippen LogP contribution in [0.2, 0.25) is 0 Å². The van der Waals surface area contributed by atoms with Gasteiger partial charge in [-0.2, -0.15) is 5.10 Å². The Hall–Kier alpha value is -3.06. The van der Waals surface area contributed by atoms with Crippen molar-refractivity contribution in [3.63, 3.8) is 0 Å². The number of hydrogen-bond acceptors (Lipinski definition) is 4. The highest BCUT2D eigenvalue weighted by atomic mass is 32.2. The van der Waals surface area contributed by atoms with E-state index < -0.39 is 5.91 Å². The summed E-state index contributed by atoms with van der Waals surface area (Å²) in [7, 11) is 0. The molecular weight excluding hydrogens is 504 g/mol. The number of nitrogens with zero attached hydrogens (tertiary/aromatic N) is 3. The first-order valence-corrected chi connectivity index (χ1v) is 15.3.